The molecule has 1 aliphatic carbocycles. The van der Waals surface area contributed by atoms with E-state index in [-0.39, 0.29) is 0 Å². The quantitative estimate of drug-likeness (QED) is 0.895. The summed E-state index contributed by atoms with van der Waals surface area (Å²) in [5.41, 5.74) is 1.43. The highest BCUT2D eigenvalue weighted by Gasteiger charge is 2.33. The largest absolute Gasteiger partial charge is 0.496 e. The van der Waals surface area contributed by atoms with Gasteiger partial charge in [-0.2, -0.15) is 0 Å². The first kappa shape index (κ1) is 16.9. The molecule has 25 heavy (non-hydrogen) atoms. The number of piperazine rings is 1. The van der Waals surface area contributed by atoms with E-state index in [4.69, 9.17) is 4.74 Å². The van der Waals surface area contributed by atoms with Crippen molar-refractivity contribution in [2.75, 3.05) is 33.3 Å². The lowest BCUT2D eigenvalue weighted by atomic mass is 9.78. The summed E-state index contributed by atoms with van der Waals surface area (Å²) < 4.78 is 5.87. The van der Waals surface area contributed by atoms with Crippen LogP contribution in [0.2, 0.25) is 0 Å². The summed E-state index contributed by atoms with van der Waals surface area (Å²) in [7, 11) is 1.82. The van der Waals surface area contributed by atoms with Crippen LogP contribution in [0.1, 0.15) is 43.7 Å². The molecule has 0 aromatic heterocycles. The standard InChI is InChI=1S/C22H30N2O/c1-25-20-12-11-17-7-5-6-10-19(17)21(20)22(18-8-3-2-4-9-18)24-15-13-23-14-16-24/h5-7,10-12,18,22-23H,2-4,8-9,13-16H2,1H3/t22-/m1/s1. The summed E-state index contributed by atoms with van der Waals surface area (Å²) in [5, 5.41) is 6.22. The fourth-order valence-electron chi connectivity index (χ4n) is 4.89. The number of nitrogens with zero attached hydrogens (tertiary/aromatic N) is 1. The van der Waals surface area contributed by atoms with Gasteiger partial charge in [0, 0.05) is 37.8 Å². The SMILES string of the molecule is COc1ccc2ccccc2c1[C@@H](C1CCCCC1)N1CCNCC1. The highest BCUT2D eigenvalue weighted by molar-refractivity contribution is 5.88. The van der Waals surface area contributed by atoms with Crippen LogP contribution in [-0.4, -0.2) is 38.2 Å². The van der Waals surface area contributed by atoms with Crippen LogP contribution in [0.15, 0.2) is 36.4 Å². The van der Waals surface area contributed by atoms with E-state index in [2.05, 4.69) is 46.6 Å². The maximum atomic E-state index is 5.87. The number of nitrogens with one attached hydrogen (secondary N) is 1. The molecule has 0 amide bonds. The summed E-state index contributed by atoms with van der Waals surface area (Å²) >= 11 is 0. The number of fused-ring (bicyclic) bond motifs is 1. The third-order valence-electron chi connectivity index (χ3n) is 6.09. The van der Waals surface area contributed by atoms with Gasteiger partial charge in [0.25, 0.3) is 0 Å². The zero-order chi connectivity index (χ0) is 17.1. The van der Waals surface area contributed by atoms with Crippen LogP contribution >= 0.6 is 0 Å². The van der Waals surface area contributed by atoms with Crippen molar-refractivity contribution in [1.29, 1.82) is 0 Å². The molecule has 0 radical (unpaired) electrons. The topological polar surface area (TPSA) is 24.5 Å². The summed E-state index contributed by atoms with van der Waals surface area (Å²) in [5.74, 6) is 1.80. The fraction of sp³-hybridized carbons (Fsp3) is 0.545. The van der Waals surface area contributed by atoms with Crippen molar-refractivity contribution < 1.29 is 4.74 Å². The highest BCUT2D eigenvalue weighted by Crippen LogP contribution is 2.44. The highest BCUT2D eigenvalue weighted by atomic mass is 16.5. The average Bonchev–Trinajstić information content (AvgIpc) is 2.70. The zero-order valence-corrected chi connectivity index (χ0v) is 15.3. The Hall–Kier alpha value is -1.58. The lowest BCUT2D eigenvalue weighted by Crippen LogP contribution is -2.47. The molecule has 1 heterocycles. The minimum atomic E-state index is 0.475. The van der Waals surface area contributed by atoms with Gasteiger partial charge in [0.15, 0.2) is 0 Å². The van der Waals surface area contributed by atoms with Gasteiger partial charge < -0.3 is 10.1 Å². The van der Waals surface area contributed by atoms with Crippen LogP contribution in [0.25, 0.3) is 10.8 Å². The minimum absolute atomic E-state index is 0.475. The molecule has 2 aliphatic rings. The third-order valence-corrected chi connectivity index (χ3v) is 6.09. The molecule has 1 saturated heterocycles. The predicted octanol–water partition coefficient (Wildman–Crippen LogP) is 4.38. The van der Waals surface area contributed by atoms with Crippen LogP contribution in [0.5, 0.6) is 5.75 Å². The van der Waals surface area contributed by atoms with Crippen molar-refractivity contribution in [3.63, 3.8) is 0 Å². The molecule has 0 unspecified atom stereocenters. The molecular formula is C22H30N2O. The van der Waals surface area contributed by atoms with Crippen LogP contribution in [0.3, 0.4) is 0 Å². The van der Waals surface area contributed by atoms with Gasteiger partial charge in [-0.15, -0.1) is 0 Å². The van der Waals surface area contributed by atoms with E-state index >= 15 is 0 Å². The number of hydrogen-bond acceptors (Lipinski definition) is 3. The van der Waals surface area contributed by atoms with E-state index in [9.17, 15) is 0 Å². The second-order valence-corrected chi connectivity index (χ2v) is 7.53. The number of methoxy groups -OCH3 is 1. The van der Waals surface area contributed by atoms with E-state index in [1.807, 2.05) is 7.11 Å². The Morgan fingerprint density at radius 1 is 1.00 bits per heavy atom. The number of benzene rings is 2. The van der Waals surface area contributed by atoms with Gasteiger partial charge in [-0.1, -0.05) is 49.6 Å². The van der Waals surface area contributed by atoms with E-state index in [1.165, 1.54) is 48.4 Å². The van der Waals surface area contributed by atoms with E-state index in [0.29, 0.717) is 6.04 Å². The summed E-state index contributed by atoms with van der Waals surface area (Å²) in [6.45, 7) is 4.45. The molecule has 1 aliphatic heterocycles. The maximum absolute atomic E-state index is 5.87. The zero-order valence-electron chi connectivity index (χ0n) is 15.3. The van der Waals surface area contributed by atoms with Crippen molar-refractivity contribution >= 4 is 10.8 Å². The first-order valence-electron chi connectivity index (χ1n) is 9.89. The van der Waals surface area contributed by atoms with Gasteiger partial charge in [-0.05, 0) is 35.6 Å². The molecule has 0 spiro atoms. The normalized spacial score (nSPS) is 21.3. The Balaban J connectivity index is 1.84. The van der Waals surface area contributed by atoms with Gasteiger partial charge in [-0.25, -0.2) is 0 Å². The van der Waals surface area contributed by atoms with E-state index in [1.54, 1.807) is 0 Å². The Morgan fingerprint density at radius 3 is 2.52 bits per heavy atom. The molecule has 1 saturated carbocycles. The van der Waals surface area contributed by atoms with Crippen LogP contribution in [0, 0.1) is 5.92 Å². The second-order valence-electron chi connectivity index (χ2n) is 7.53. The van der Waals surface area contributed by atoms with Crippen LogP contribution < -0.4 is 10.1 Å². The first-order chi connectivity index (χ1) is 12.4. The molecule has 3 heteroatoms. The summed E-state index contributed by atoms with van der Waals surface area (Å²) in [6.07, 6.45) is 6.85. The van der Waals surface area contributed by atoms with Crippen LogP contribution in [0.4, 0.5) is 0 Å². The lowest BCUT2D eigenvalue weighted by molar-refractivity contribution is 0.102. The van der Waals surface area contributed by atoms with Gasteiger partial charge in [0.1, 0.15) is 5.75 Å². The fourth-order valence-corrected chi connectivity index (χ4v) is 4.89. The Bertz CT molecular complexity index is 684. The molecule has 1 N–H and O–H groups in total. The van der Waals surface area contributed by atoms with Gasteiger partial charge in [-0.3, -0.25) is 4.90 Å². The molecule has 134 valence electrons. The smallest absolute Gasteiger partial charge is 0.124 e. The number of hydrogen-bond donors (Lipinski definition) is 1. The van der Waals surface area contributed by atoms with Gasteiger partial charge in [0.05, 0.1) is 7.11 Å². The third kappa shape index (κ3) is 3.40. The maximum Gasteiger partial charge on any atom is 0.124 e. The van der Waals surface area contributed by atoms with E-state index in [0.717, 1.165) is 37.8 Å². The number of rotatable bonds is 4. The summed E-state index contributed by atoms with van der Waals surface area (Å²) in [4.78, 5) is 2.72. The van der Waals surface area contributed by atoms with Gasteiger partial charge in [0.2, 0.25) is 0 Å². The Kier molecular flexibility index (Phi) is 5.23. The number of ether oxygens (including phenoxy) is 1. The van der Waals surface area contributed by atoms with Crippen molar-refractivity contribution in [2.24, 2.45) is 5.92 Å². The van der Waals surface area contributed by atoms with Crippen molar-refractivity contribution in [3.05, 3.63) is 42.0 Å². The molecule has 1 atom stereocenters. The Labute approximate surface area is 151 Å². The summed E-state index contributed by atoms with van der Waals surface area (Å²) in [6, 6.07) is 13.7. The first-order valence-corrected chi connectivity index (χ1v) is 9.89. The molecular weight excluding hydrogens is 308 g/mol. The molecule has 2 fully saturated rings. The average molecular weight is 338 g/mol. The van der Waals surface area contributed by atoms with Crippen molar-refractivity contribution in [2.45, 2.75) is 38.1 Å². The van der Waals surface area contributed by atoms with Gasteiger partial charge >= 0.3 is 0 Å². The predicted molar refractivity (Wildman–Crippen MR) is 104 cm³/mol. The molecule has 2 aromatic carbocycles. The van der Waals surface area contributed by atoms with Crippen molar-refractivity contribution in [1.82, 2.24) is 10.2 Å². The molecule has 3 nitrogen and oxygen atoms in total. The monoisotopic (exact) mass is 338 g/mol. The minimum Gasteiger partial charge on any atom is -0.496 e. The van der Waals surface area contributed by atoms with Crippen molar-refractivity contribution in [3.8, 4) is 5.75 Å². The van der Waals surface area contributed by atoms with E-state index < -0.39 is 0 Å². The Morgan fingerprint density at radius 2 is 1.76 bits per heavy atom. The molecule has 0 bridgehead atoms. The van der Waals surface area contributed by atoms with Crippen LogP contribution in [-0.2, 0) is 0 Å². The molecule has 4 rings (SSSR count). The second kappa shape index (κ2) is 7.76. The molecule has 2 aromatic rings. The lowest BCUT2D eigenvalue weighted by Gasteiger charge is -2.42.